The first-order valence-electron chi connectivity index (χ1n) is 5.32. The molecule has 0 saturated heterocycles. The number of aliphatic hydroxyl groups is 1. The second-order valence-electron chi connectivity index (χ2n) is 3.72. The summed E-state index contributed by atoms with van der Waals surface area (Å²) >= 11 is 0. The zero-order valence-corrected chi connectivity index (χ0v) is 9.88. The Kier molecular flexibility index (Phi) is 5.06. The van der Waals surface area contributed by atoms with E-state index >= 15 is 0 Å². The predicted octanol–water partition coefficient (Wildman–Crippen LogP) is -0.365. The number of carboxylic acids is 1. The summed E-state index contributed by atoms with van der Waals surface area (Å²) in [6.07, 6.45) is 1.71. The number of hydrogen-bond donors (Lipinski definition) is 4. The molecule has 18 heavy (non-hydrogen) atoms. The van der Waals surface area contributed by atoms with Gasteiger partial charge < -0.3 is 20.8 Å². The van der Waals surface area contributed by atoms with E-state index in [-0.39, 0.29) is 6.54 Å². The Labute approximate surface area is 104 Å². The number of nitrogens with zero attached hydrogens (tertiary/aromatic N) is 1. The summed E-state index contributed by atoms with van der Waals surface area (Å²) in [5.74, 6) is -1.37. The van der Waals surface area contributed by atoms with E-state index in [1.165, 1.54) is 0 Å². The van der Waals surface area contributed by atoms with Crippen molar-refractivity contribution in [2.24, 2.45) is 0 Å². The van der Waals surface area contributed by atoms with Gasteiger partial charge in [-0.15, -0.1) is 0 Å². The van der Waals surface area contributed by atoms with Crippen molar-refractivity contribution in [3.8, 4) is 0 Å². The minimum absolute atomic E-state index is 0.309. The second kappa shape index (κ2) is 6.55. The van der Waals surface area contributed by atoms with Crippen LogP contribution in [0.2, 0.25) is 0 Å². The molecule has 0 saturated carbocycles. The Morgan fingerprint density at radius 1 is 1.44 bits per heavy atom. The lowest BCUT2D eigenvalue weighted by Crippen LogP contribution is -2.41. The van der Waals surface area contributed by atoms with Crippen LogP contribution in [0.1, 0.15) is 11.1 Å². The summed E-state index contributed by atoms with van der Waals surface area (Å²) in [6, 6.07) is 1.24. The van der Waals surface area contributed by atoms with Gasteiger partial charge in [0.15, 0.2) is 6.10 Å². The number of carbonyl (C=O) groups excluding carboxylic acids is 1. The molecular weight excluding hydrogens is 238 g/mol. The lowest BCUT2D eigenvalue weighted by Gasteiger charge is -2.10. The number of hydrogen-bond acceptors (Lipinski definition) is 4. The molecule has 0 aliphatic carbocycles. The normalized spacial score (nSPS) is 11.7. The molecule has 1 aromatic rings. The van der Waals surface area contributed by atoms with Crippen molar-refractivity contribution in [2.45, 2.75) is 19.6 Å². The molecule has 0 fully saturated rings. The molecule has 98 valence electrons. The van der Waals surface area contributed by atoms with Crippen LogP contribution in [0.5, 0.6) is 0 Å². The van der Waals surface area contributed by atoms with Gasteiger partial charge in [-0.25, -0.2) is 9.59 Å². The summed E-state index contributed by atoms with van der Waals surface area (Å²) < 4.78 is 0. The number of urea groups is 1. The number of aliphatic carboxylic acids is 1. The highest BCUT2D eigenvalue weighted by Crippen LogP contribution is 2.03. The highest BCUT2D eigenvalue weighted by molar-refractivity contribution is 5.76. The summed E-state index contributed by atoms with van der Waals surface area (Å²) in [6.45, 7) is 1.84. The molecule has 0 bridgehead atoms. The third kappa shape index (κ3) is 4.38. The van der Waals surface area contributed by atoms with Gasteiger partial charge in [0.05, 0.1) is 6.54 Å². The van der Waals surface area contributed by atoms with Gasteiger partial charge in [0.1, 0.15) is 0 Å². The molecule has 1 atom stereocenters. The van der Waals surface area contributed by atoms with E-state index in [1.807, 2.05) is 6.92 Å². The van der Waals surface area contributed by atoms with E-state index in [0.717, 1.165) is 11.1 Å². The molecule has 0 aliphatic heterocycles. The van der Waals surface area contributed by atoms with Crippen LogP contribution in [-0.4, -0.2) is 39.8 Å². The Hall–Kier alpha value is -2.15. The number of carbonyl (C=O) groups is 2. The fraction of sp³-hybridized carbons (Fsp3) is 0.364. The van der Waals surface area contributed by atoms with Crippen LogP contribution >= 0.6 is 0 Å². The van der Waals surface area contributed by atoms with Crippen LogP contribution in [0.4, 0.5) is 4.79 Å². The first-order chi connectivity index (χ1) is 8.50. The number of carboxylic acid groups (broad SMARTS) is 1. The van der Waals surface area contributed by atoms with Gasteiger partial charge in [0.2, 0.25) is 0 Å². The van der Waals surface area contributed by atoms with E-state index in [0.29, 0.717) is 6.54 Å². The molecule has 0 aromatic carbocycles. The molecule has 2 amide bonds. The van der Waals surface area contributed by atoms with Crippen LogP contribution in [-0.2, 0) is 11.3 Å². The zero-order valence-electron chi connectivity index (χ0n) is 9.88. The van der Waals surface area contributed by atoms with Crippen molar-refractivity contribution in [1.82, 2.24) is 15.6 Å². The van der Waals surface area contributed by atoms with Gasteiger partial charge in [-0.2, -0.15) is 0 Å². The van der Waals surface area contributed by atoms with E-state index in [9.17, 15) is 9.59 Å². The number of aliphatic hydroxyl groups excluding tert-OH is 1. The Morgan fingerprint density at radius 3 is 2.78 bits per heavy atom. The van der Waals surface area contributed by atoms with Crippen LogP contribution in [0.15, 0.2) is 18.5 Å². The highest BCUT2D eigenvalue weighted by Gasteiger charge is 2.13. The highest BCUT2D eigenvalue weighted by atomic mass is 16.4. The van der Waals surface area contributed by atoms with Crippen LogP contribution < -0.4 is 10.6 Å². The Bertz CT molecular complexity index is 436. The number of aromatic nitrogens is 1. The van der Waals surface area contributed by atoms with Crippen LogP contribution in [0.25, 0.3) is 0 Å². The first kappa shape index (κ1) is 13.9. The first-order valence-corrected chi connectivity index (χ1v) is 5.32. The topological polar surface area (TPSA) is 112 Å². The molecular formula is C11H15N3O4. The average Bonchev–Trinajstić information content (AvgIpc) is 2.34. The lowest BCUT2D eigenvalue weighted by molar-refractivity contribution is -0.146. The van der Waals surface area contributed by atoms with Crippen molar-refractivity contribution in [3.05, 3.63) is 29.6 Å². The van der Waals surface area contributed by atoms with Gasteiger partial charge in [-0.1, -0.05) is 0 Å². The number of aryl methyl sites for hydroxylation is 1. The third-order valence-electron chi connectivity index (χ3n) is 2.32. The molecule has 4 N–H and O–H groups in total. The molecule has 7 heteroatoms. The number of amides is 2. The van der Waals surface area contributed by atoms with Crippen molar-refractivity contribution < 1.29 is 19.8 Å². The maximum Gasteiger partial charge on any atom is 0.334 e. The van der Waals surface area contributed by atoms with Crippen molar-refractivity contribution in [3.63, 3.8) is 0 Å². The largest absolute Gasteiger partial charge is 0.479 e. The molecule has 1 heterocycles. The second-order valence-corrected chi connectivity index (χ2v) is 3.72. The smallest absolute Gasteiger partial charge is 0.334 e. The molecule has 1 rings (SSSR count). The Morgan fingerprint density at radius 2 is 2.17 bits per heavy atom. The maximum absolute atomic E-state index is 11.3. The average molecular weight is 253 g/mol. The summed E-state index contributed by atoms with van der Waals surface area (Å²) in [4.78, 5) is 25.5. The van der Waals surface area contributed by atoms with E-state index in [2.05, 4.69) is 15.6 Å². The van der Waals surface area contributed by atoms with E-state index in [1.54, 1.807) is 18.5 Å². The van der Waals surface area contributed by atoms with Gasteiger partial charge in [0.25, 0.3) is 0 Å². The number of nitrogens with one attached hydrogen (secondary N) is 2. The van der Waals surface area contributed by atoms with Crippen molar-refractivity contribution >= 4 is 12.0 Å². The predicted molar refractivity (Wildman–Crippen MR) is 62.9 cm³/mol. The molecule has 0 spiro atoms. The van der Waals surface area contributed by atoms with Gasteiger partial charge in [-0.3, -0.25) is 4.98 Å². The fourth-order valence-corrected chi connectivity index (χ4v) is 1.22. The fourth-order valence-electron chi connectivity index (χ4n) is 1.22. The monoisotopic (exact) mass is 253 g/mol. The van der Waals surface area contributed by atoms with Gasteiger partial charge >= 0.3 is 12.0 Å². The van der Waals surface area contributed by atoms with Crippen molar-refractivity contribution in [1.29, 1.82) is 0 Å². The minimum atomic E-state index is -1.60. The van der Waals surface area contributed by atoms with Crippen LogP contribution in [0.3, 0.4) is 0 Å². The lowest BCUT2D eigenvalue weighted by atomic mass is 10.1. The molecule has 1 aromatic heterocycles. The molecule has 0 unspecified atom stereocenters. The maximum atomic E-state index is 11.3. The molecule has 0 radical (unpaired) electrons. The van der Waals surface area contributed by atoms with E-state index < -0.39 is 18.1 Å². The molecule has 0 aliphatic rings. The summed E-state index contributed by atoms with van der Waals surface area (Å²) in [7, 11) is 0. The minimum Gasteiger partial charge on any atom is -0.479 e. The quantitative estimate of drug-likeness (QED) is 0.572. The Balaban J connectivity index is 2.34. The number of rotatable bonds is 5. The zero-order chi connectivity index (χ0) is 13.5. The molecule has 7 nitrogen and oxygen atoms in total. The third-order valence-corrected chi connectivity index (χ3v) is 2.32. The SMILES string of the molecule is Cc1cnccc1CNC(=O)NC[C@H](O)C(=O)O. The van der Waals surface area contributed by atoms with Crippen LogP contribution in [0, 0.1) is 6.92 Å². The summed E-state index contributed by atoms with van der Waals surface area (Å²) in [5, 5.41) is 22.2. The van der Waals surface area contributed by atoms with Crippen molar-refractivity contribution in [2.75, 3.05) is 6.54 Å². The van der Waals surface area contributed by atoms with Gasteiger partial charge in [0, 0.05) is 18.9 Å². The number of pyridine rings is 1. The standard InChI is InChI=1S/C11H15N3O4/c1-7-4-12-3-2-8(7)5-13-11(18)14-6-9(15)10(16)17/h2-4,9,15H,5-6H2,1H3,(H,16,17)(H2,13,14,18)/t9-/m0/s1. The summed E-state index contributed by atoms with van der Waals surface area (Å²) in [5.41, 5.74) is 1.86. The van der Waals surface area contributed by atoms with E-state index in [4.69, 9.17) is 10.2 Å². The van der Waals surface area contributed by atoms with Gasteiger partial charge in [-0.05, 0) is 24.1 Å².